The van der Waals surface area contributed by atoms with Crippen LogP contribution in [0.1, 0.15) is 36.3 Å². The van der Waals surface area contributed by atoms with Crippen LogP contribution in [0.15, 0.2) is 30.3 Å². The highest BCUT2D eigenvalue weighted by Crippen LogP contribution is 2.45. The maximum absolute atomic E-state index is 12.5. The van der Waals surface area contributed by atoms with Crippen LogP contribution in [0.3, 0.4) is 0 Å². The van der Waals surface area contributed by atoms with Crippen molar-refractivity contribution in [2.75, 3.05) is 19.6 Å². The fraction of sp³-hybridized carbons (Fsp3) is 0.500. The van der Waals surface area contributed by atoms with E-state index in [1.165, 1.54) is 5.56 Å². The number of benzene rings is 1. The van der Waals surface area contributed by atoms with Gasteiger partial charge in [0.15, 0.2) is 0 Å². The lowest BCUT2D eigenvalue weighted by Gasteiger charge is -2.29. The molecule has 0 bridgehead atoms. The highest BCUT2D eigenvalue weighted by Gasteiger charge is 2.48. The molecule has 1 amide bonds. The van der Waals surface area contributed by atoms with Crippen LogP contribution in [0, 0.1) is 18.8 Å². The van der Waals surface area contributed by atoms with Gasteiger partial charge in [-0.15, -0.1) is 0 Å². The number of H-pyrrole nitrogens is 1. The molecule has 1 aromatic carbocycles. The van der Waals surface area contributed by atoms with Gasteiger partial charge in [0, 0.05) is 38.5 Å². The predicted octanol–water partition coefficient (Wildman–Crippen LogP) is 3.41. The van der Waals surface area contributed by atoms with Gasteiger partial charge in [-0.25, -0.2) is 0 Å². The van der Waals surface area contributed by atoms with Crippen molar-refractivity contribution >= 4 is 17.5 Å². The second kappa shape index (κ2) is 7.05. The summed E-state index contributed by atoms with van der Waals surface area (Å²) in [5.74, 6) is 1.23. The van der Waals surface area contributed by atoms with E-state index in [0.717, 1.165) is 42.6 Å². The SMILES string of the molecule is CCC(=O)N1C[C@@H]2CN(Cc3n[nH]c(C)c3Cl)C[C@@H]2[C@H]1c1ccccc1. The molecule has 138 valence electrons. The third-order valence-electron chi connectivity index (χ3n) is 5.82. The molecule has 2 aromatic rings. The van der Waals surface area contributed by atoms with Crippen molar-refractivity contribution in [3.63, 3.8) is 0 Å². The van der Waals surface area contributed by atoms with E-state index in [1.54, 1.807) is 0 Å². The highest BCUT2D eigenvalue weighted by atomic mass is 35.5. The van der Waals surface area contributed by atoms with Gasteiger partial charge >= 0.3 is 0 Å². The molecule has 3 heterocycles. The molecular weight excluding hydrogens is 348 g/mol. The van der Waals surface area contributed by atoms with Crippen LogP contribution in [0.2, 0.25) is 5.02 Å². The topological polar surface area (TPSA) is 52.2 Å². The molecule has 1 N–H and O–H groups in total. The van der Waals surface area contributed by atoms with Crippen molar-refractivity contribution in [3.8, 4) is 0 Å². The number of nitrogens with one attached hydrogen (secondary N) is 1. The van der Waals surface area contributed by atoms with Gasteiger partial charge < -0.3 is 4.90 Å². The third-order valence-corrected chi connectivity index (χ3v) is 6.32. The van der Waals surface area contributed by atoms with Gasteiger partial charge in [-0.3, -0.25) is 14.8 Å². The number of aryl methyl sites for hydroxylation is 1. The molecule has 3 atom stereocenters. The maximum atomic E-state index is 12.5. The minimum atomic E-state index is 0.176. The summed E-state index contributed by atoms with van der Waals surface area (Å²) in [5.41, 5.74) is 3.09. The summed E-state index contributed by atoms with van der Waals surface area (Å²) in [5, 5.41) is 8.05. The first-order valence-electron chi connectivity index (χ1n) is 9.34. The van der Waals surface area contributed by atoms with Gasteiger partial charge in [-0.2, -0.15) is 5.10 Å². The van der Waals surface area contributed by atoms with Crippen LogP contribution in [-0.4, -0.2) is 45.5 Å². The number of aromatic amines is 1. The van der Waals surface area contributed by atoms with Gasteiger partial charge in [0.05, 0.1) is 22.5 Å². The number of carbonyl (C=O) groups is 1. The molecule has 6 heteroatoms. The molecule has 0 unspecified atom stereocenters. The predicted molar refractivity (Wildman–Crippen MR) is 102 cm³/mol. The second-order valence-corrected chi connectivity index (χ2v) is 7.86. The lowest BCUT2D eigenvalue weighted by atomic mass is 9.89. The molecule has 4 rings (SSSR count). The Labute approximate surface area is 159 Å². The van der Waals surface area contributed by atoms with E-state index in [4.69, 9.17) is 11.6 Å². The molecule has 2 aliphatic heterocycles. The fourth-order valence-corrected chi connectivity index (χ4v) is 4.73. The molecule has 0 radical (unpaired) electrons. The fourth-order valence-electron chi connectivity index (χ4n) is 4.59. The number of nitrogens with zero attached hydrogens (tertiary/aromatic N) is 3. The molecule has 0 aliphatic carbocycles. The summed E-state index contributed by atoms with van der Waals surface area (Å²) in [4.78, 5) is 17.1. The number of amides is 1. The van der Waals surface area contributed by atoms with Crippen molar-refractivity contribution < 1.29 is 4.79 Å². The van der Waals surface area contributed by atoms with E-state index in [9.17, 15) is 4.79 Å². The van der Waals surface area contributed by atoms with Crippen LogP contribution in [0.25, 0.3) is 0 Å². The van der Waals surface area contributed by atoms with Crippen LogP contribution < -0.4 is 0 Å². The van der Waals surface area contributed by atoms with E-state index in [-0.39, 0.29) is 11.9 Å². The number of fused-ring (bicyclic) bond motifs is 1. The zero-order valence-corrected chi connectivity index (χ0v) is 16.0. The number of rotatable bonds is 4. The lowest BCUT2D eigenvalue weighted by molar-refractivity contribution is -0.132. The summed E-state index contributed by atoms with van der Waals surface area (Å²) in [6.07, 6.45) is 0.564. The Hall–Kier alpha value is -1.85. The normalized spacial score (nSPS) is 25.7. The van der Waals surface area contributed by atoms with Gasteiger partial charge in [0.1, 0.15) is 0 Å². The number of hydrogen-bond acceptors (Lipinski definition) is 3. The Bertz CT molecular complexity index is 790. The average molecular weight is 373 g/mol. The van der Waals surface area contributed by atoms with Crippen LogP contribution in [0.5, 0.6) is 0 Å². The maximum Gasteiger partial charge on any atom is 0.222 e. The summed E-state index contributed by atoms with van der Waals surface area (Å²) >= 11 is 6.34. The number of halogens is 1. The monoisotopic (exact) mass is 372 g/mol. The minimum absolute atomic E-state index is 0.176. The third kappa shape index (κ3) is 3.03. The van der Waals surface area contributed by atoms with E-state index in [1.807, 2.05) is 19.9 Å². The summed E-state index contributed by atoms with van der Waals surface area (Å²) < 4.78 is 0. The molecule has 0 spiro atoms. The van der Waals surface area contributed by atoms with Gasteiger partial charge in [0.25, 0.3) is 0 Å². The van der Waals surface area contributed by atoms with Crippen LogP contribution >= 0.6 is 11.6 Å². The number of aromatic nitrogens is 2. The molecule has 2 aliphatic rings. The number of likely N-dealkylation sites (tertiary alicyclic amines) is 2. The molecule has 2 fully saturated rings. The van der Waals surface area contributed by atoms with Crippen LogP contribution in [-0.2, 0) is 11.3 Å². The molecule has 1 aromatic heterocycles. The Morgan fingerprint density at radius 3 is 2.69 bits per heavy atom. The Morgan fingerprint density at radius 2 is 2.04 bits per heavy atom. The van der Waals surface area contributed by atoms with Gasteiger partial charge in [0.2, 0.25) is 5.91 Å². The van der Waals surface area contributed by atoms with Crippen molar-refractivity contribution in [1.29, 1.82) is 0 Å². The van der Waals surface area contributed by atoms with E-state index in [0.29, 0.717) is 18.3 Å². The van der Waals surface area contributed by atoms with Crippen molar-refractivity contribution in [3.05, 3.63) is 52.3 Å². The van der Waals surface area contributed by atoms with E-state index >= 15 is 0 Å². The first-order valence-corrected chi connectivity index (χ1v) is 9.72. The molecular formula is C20H25ClN4O. The largest absolute Gasteiger partial charge is 0.335 e. The average Bonchev–Trinajstić information content (AvgIpc) is 3.30. The highest BCUT2D eigenvalue weighted by molar-refractivity contribution is 6.31. The Kier molecular flexibility index (Phi) is 4.76. The zero-order valence-electron chi connectivity index (χ0n) is 15.3. The second-order valence-electron chi connectivity index (χ2n) is 7.48. The minimum Gasteiger partial charge on any atom is -0.335 e. The van der Waals surface area contributed by atoms with Gasteiger partial charge in [-0.1, -0.05) is 48.9 Å². The van der Waals surface area contributed by atoms with Crippen molar-refractivity contribution in [1.82, 2.24) is 20.0 Å². The smallest absolute Gasteiger partial charge is 0.222 e. The number of carbonyl (C=O) groups excluding carboxylic acids is 1. The first kappa shape index (κ1) is 17.6. The lowest BCUT2D eigenvalue weighted by Crippen LogP contribution is -2.35. The first-order chi connectivity index (χ1) is 12.6. The molecule has 0 saturated carbocycles. The Morgan fingerprint density at radius 1 is 1.27 bits per heavy atom. The summed E-state index contributed by atoms with van der Waals surface area (Å²) in [6.45, 7) is 7.47. The summed E-state index contributed by atoms with van der Waals surface area (Å²) in [6, 6.07) is 10.6. The molecule has 5 nitrogen and oxygen atoms in total. The quantitative estimate of drug-likeness (QED) is 0.894. The van der Waals surface area contributed by atoms with Gasteiger partial charge in [-0.05, 0) is 18.4 Å². The van der Waals surface area contributed by atoms with E-state index < -0.39 is 0 Å². The molecule has 26 heavy (non-hydrogen) atoms. The standard InChI is InChI=1S/C20H25ClN4O/c1-3-18(26)25-10-15-9-24(12-17-19(21)13(2)22-23-17)11-16(15)20(25)14-7-5-4-6-8-14/h4-8,15-16,20H,3,9-12H2,1-2H3,(H,22,23)/t15-,16-,20+/m0/s1. The zero-order chi connectivity index (χ0) is 18.3. The van der Waals surface area contributed by atoms with E-state index in [2.05, 4.69) is 44.3 Å². The summed E-state index contributed by atoms with van der Waals surface area (Å²) in [7, 11) is 0. The van der Waals surface area contributed by atoms with Crippen molar-refractivity contribution in [2.45, 2.75) is 32.9 Å². The van der Waals surface area contributed by atoms with Crippen molar-refractivity contribution in [2.24, 2.45) is 11.8 Å². The Balaban J connectivity index is 1.55. The number of hydrogen-bond donors (Lipinski definition) is 1. The van der Waals surface area contributed by atoms with Crippen LogP contribution in [0.4, 0.5) is 0 Å². The molecule has 2 saturated heterocycles.